The SMILES string of the molecule is O=C(CCC(=O)N1CCOCC1)NNC(=O)c1ccc(Br)s1. The van der Waals surface area contributed by atoms with Crippen molar-refractivity contribution in [3.05, 3.63) is 20.8 Å². The third-order valence-corrected chi connectivity index (χ3v) is 4.66. The van der Waals surface area contributed by atoms with Gasteiger partial charge in [0.15, 0.2) is 0 Å². The maximum Gasteiger partial charge on any atom is 0.279 e. The average Bonchev–Trinajstić information content (AvgIpc) is 2.97. The summed E-state index contributed by atoms with van der Waals surface area (Å²) < 4.78 is 5.99. The fraction of sp³-hybridized carbons (Fsp3) is 0.462. The van der Waals surface area contributed by atoms with Crippen LogP contribution in [0.25, 0.3) is 0 Å². The summed E-state index contributed by atoms with van der Waals surface area (Å²) in [6.07, 6.45) is 0.150. The van der Waals surface area contributed by atoms with E-state index in [1.54, 1.807) is 17.0 Å². The highest BCUT2D eigenvalue weighted by molar-refractivity contribution is 9.11. The number of hydrogen-bond donors (Lipinski definition) is 2. The molecule has 0 radical (unpaired) electrons. The van der Waals surface area contributed by atoms with Crippen molar-refractivity contribution in [2.75, 3.05) is 26.3 Å². The molecule has 0 bridgehead atoms. The molecule has 120 valence electrons. The molecule has 1 fully saturated rings. The van der Waals surface area contributed by atoms with Crippen molar-refractivity contribution in [1.82, 2.24) is 15.8 Å². The van der Waals surface area contributed by atoms with Gasteiger partial charge >= 0.3 is 0 Å². The summed E-state index contributed by atoms with van der Waals surface area (Å²) in [4.78, 5) is 37.4. The minimum Gasteiger partial charge on any atom is -0.378 e. The summed E-state index contributed by atoms with van der Waals surface area (Å²) in [6, 6.07) is 3.40. The highest BCUT2D eigenvalue weighted by Crippen LogP contribution is 2.21. The summed E-state index contributed by atoms with van der Waals surface area (Å²) in [7, 11) is 0. The molecule has 0 unspecified atom stereocenters. The van der Waals surface area contributed by atoms with E-state index in [0.29, 0.717) is 31.2 Å². The van der Waals surface area contributed by atoms with E-state index < -0.39 is 5.91 Å². The van der Waals surface area contributed by atoms with Crippen molar-refractivity contribution in [2.45, 2.75) is 12.8 Å². The van der Waals surface area contributed by atoms with Crippen LogP contribution in [0.1, 0.15) is 22.5 Å². The first-order valence-electron chi connectivity index (χ1n) is 6.76. The van der Waals surface area contributed by atoms with Crippen LogP contribution in [-0.4, -0.2) is 48.9 Å². The first-order valence-corrected chi connectivity index (χ1v) is 8.37. The van der Waals surface area contributed by atoms with E-state index in [4.69, 9.17) is 4.74 Å². The van der Waals surface area contributed by atoms with Gasteiger partial charge in [-0.1, -0.05) is 0 Å². The number of halogens is 1. The zero-order valence-corrected chi connectivity index (χ0v) is 14.2. The second-order valence-electron chi connectivity index (χ2n) is 4.60. The minimum absolute atomic E-state index is 0.0323. The zero-order chi connectivity index (χ0) is 15.9. The Morgan fingerprint density at radius 2 is 1.91 bits per heavy atom. The van der Waals surface area contributed by atoms with Crippen LogP contribution in [0.2, 0.25) is 0 Å². The number of carbonyl (C=O) groups excluding carboxylic acids is 3. The van der Waals surface area contributed by atoms with Crippen LogP contribution in [0.15, 0.2) is 15.9 Å². The molecular weight excluding hydrogens is 374 g/mol. The predicted molar refractivity (Wildman–Crippen MR) is 84.3 cm³/mol. The number of ether oxygens (including phenoxy) is 1. The molecule has 9 heteroatoms. The first kappa shape index (κ1) is 16.9. The smallest absolute Gasteiger partial charge is 0.279 e. The summed E-state index contributed by atoms with van der Waals surface area (Å²) in [5, 5.41) is 0. The van der Waals surface area contributed by atoms with E-state index in [-0.39, 0.29) is 24.7 Å². The van der Waals surface area contributed by atoms with E-state index in [1.165, 1.54) is 11.3 Å². The molecule has 1 aromatic rings. The summed E-state index contributed by atoms with van der Waals surface area (Å²) in [5.74, 6) is -0.860. The lowest BCUT2D eigenvalue weighted by molar-refractivity contribution is -0.137. The monoisotopic (exact) mass is 389 g/mol. The van der Waals surface area contributed by atoms with Crippen LogP contribution in [0.4, 0.5) is 0 Å². The standard InChI is InChI=1S/C13H16BrN3O4S/c14-10-2-1-9(22-10)13(20)16-15-11(18)3-4-12(19)17-5-7-21-8-6-17/h1-2H,3-8H2,(H,15,18)(H,16,20). The molecule has 22 heavy (non-hydrogen) atoms. The van der Waals surface area contributed by atoms with Crippen molar-refractivity contribution in [2.24, 2.45) is 0 Å². The Hall–Kier alpha value is -1.45. The number of amides is 3. The number of nitrogens with zero attached hydrogens (tertiary/aromatic N) is 1. The van der Waals surface area contributed by atoms with Crippen LogP contribution < -0.4 is 10.9 Å². The number of nitrogens with one attached hydrogen (secondary N) is 2. The van der Waals surface area contributed by atoms with Gasteiger partial charge in [0.05, 0.1) is 21.9 Å². The molecule has 2 heterocycles. The zero-order valence-electron chi connectivity index (χ0n) is 11.8. The molecule has 1 aromatic heterocycles. The molecule has 0 spiro atoms. The number of hydrazine groups is 1. The highest BCUT2D eigenvalue weighted by Gasteiger charge is 2.18. The normalized spacial score (nSPS) is 14.5. The summed E-state index contributed by atoms with van der Waals surface area (Å²) in [6.45, 7) is 2.18. The van der Waals surface area contributed by atoms with Gasteiger partial charge in [-0.05, 0) is 28.1 Å². The lowest BCUT2D eigenvalue weighted by Crippen LogP contribution is -2.43. The molecule has 2 rings (SSSR count). The van der Waals surface area contributed by atoms with Gasteiger partial charge in [-0.3, -0.25) is 25.2 Å². The van der Waals surface area contributed by atoms with Gasteiger partial charge in [-0.25, -0.2) is 0 Å². The Morgan fingerprint density at radius 3 is 2.55 bits per heavy atom. The maximum atomic E-state index is 11.9. The van der Waals surface area contributed by atoms with Crippen LogP contribution >= 0.6 is 27.3 Å². The average molecular weight is 390 g/mol. The molecule has 3 amide bonds. The van der Waals surface area contributed by atoms with Gasteiger partial charge < -0.3 is 9.64 Å². The second-order valence-corrected chi connectivity index (χ2v) is 7.06. The molecule has 0 saturated carbocycles. The lowest BCUT2D eigenvalue weighted by Gasteiger charge is -2.26. The Bertz CT molecular complexity index is 557. The van der Waals surface area contributed by atoms with Gasteiger partial charge in [-0.15, -0.1) is 11.3 Å². The van der Waals surface area contributed by atoms with E-state index in [0.717, 1.165) is 3.79 Å². The Labute approximate surface area is 140 Å². The number of rotatable bonds is 4. The van der Waals surface area contributed by atoms with Gasteiger partial charge in [0, 0.05) is 25.9 Å². The molecule has 1 aliphatic rings. The van der Waals surface area contributed by atoms with E-state index >= 15 is 0 Å². The molecule has 7 nitrogen and oxygen atoms in total. The minimum atomic E-state index is -0.398. The van der Waals surface area contributed by atoms with Crippen LogP contribution in [-0.2, 0) is 14.3 Å². The van der Waals surface area contributed by atoms with Crippen molar-refractivity contribution < 1.29 is 19.1 Å². The van der Waals surface area contributed by atoms with Gasteiger partial charge in [0.2, 0.25) is 11.8 Å². The predicted octanol–water partition coefficient (Wildman–Crippen LogP) is 0.911. The van der Waals surface area contributed by atoms with E-state index in [2.05, 4.69) is 26.8 Å². The van der Waals surface area contributed by atoms with Gasteiger partial charge in [0.1, 0.15) is 0 Å². The van der Waals surface area contributed by atoms with Crippen LogP contribution in [0.3, 0.4) is 0 Å². The lowest BCUT2D eigenvalue weighted by atomic mass is 10.2. The molecule has 0 aliphatic carbocycles. The summed E-state index contributed by atoms with van der Waals surface area (Å²) >= 11 is 4.52. The summed E-state index contributed by atoms with van der Waals surface area (Å²) in [5.41, 5.74) is 4.63. The Kier molecular flexibility index (Phi) is 6.34. The third-order valence-electron chi connectivity index (χ3n) is 3.04. The number of carbonyl (C=O) groups is 3. The van der Waals surface area contributed by atoms with Gasteiger partial charge in [-0.2, -0.15) is 0 Å². The molecular formula is C13H16BrN3O4S. The highest BCUT2D eigenvalue weighted by atomic mass is 79.9. The van der Waals surface area contributed by atoms with Crippen molar-refractivity contribution in [3.63, 3.8) is 0 Å². The third kappa shape index (κ3) is 5.08. The van der Waals surface area contributed by atoms with E-state index in [1.807, 2.05) is 0 Å². The van der Waals surface area contributed by atoms with E-state index in [9.17, 15) is 14.4 Å². The van der Waals surface area contributed by atoms with Crippen molar-refractivity contribution in [1.29, 1.82) is 0 Å². The maximum absolute atomic E-state index is 11.9. The van der Waals surface area contributed by atoms with Crippen molar-refractivity contribution in [3.8, 4) is 0 Å². The topological polar surface area (TPSA) is 87.7 Å². The van der Waals surface area contributed by atoms with Crippen molar-refractivity contribution >= 4 is 45.0 Å². The first-order chi connectivity index (χ1) is 10.6. The fourth-order valence-corrected chi connectivity index (χ4v) is 3.16. The molecule has 0 atom stereocenters. The second kappa shape index (κ2) is 8.25. The van der Waals surface area contributed by atoms with Gasteiger partial charge in [0.25, 0.3) is 5.91 Å². The Balaban J connectivity index is 1.67. The number of hydrogen-bond acceptors (Lipinski definition) is 5. The van der Waals surface area contributed by atoms with Crippen LogP contribution in [0, 0.1) is 0 Å². The van der Waals surface area contributed by atoms with Crippen LogP contribution in [0.5, 0.6) is 0 Å². The largest absolute Gasteiger partial charge is 0.378 e. The number of thiophene rings is 1. The Morgan fingerprint density at radius 1 is 1.18 bits per heavy atom. The number of morpholine rings is 1. The molecule has 0 aromatic carbocycles. The molecule has 1 aliphatic heterocycles. The molecule has 1 saturated heterocycles. The molecule has 2 N–H and O–H groups in total. The fourth-order valence-electron chi connectivity index (χ4n) is 1.88. The quantitative estimate of drug-likeness (QED) is 0.749.